The summed E-state index contributed by atoms with van der Waals surface area (Å²) >= 11 is 10.1. The maximum atomic E-state index is 14.2. The van der Waals surface area contributed by atoms with E-state index in [0.29, 0.717) is 89.7 Å². The van der Waals surface area contributed by atoms with Gasteiger partial charge in [-0.1, -0.05) is 44.5 Å². The molecule has 4 aromatic carbocycles. The van der Waals surface area contributed by atoms with Crippen LogP contribution in [0.25, 0.3) is 11.1 Å². The Hall–Kier alpha value is -8.41. The Balaban J connectivity index is 0.712. The summed E-state index contributed by atoms with van der Waals surface area (Å²) in [5.41, 5.74) is 5.80. The number of hydrogen-bond acceptors (Lipinski definition) is 22. The number of ether oxygens (including phenoxy) is 5. The Morgan fingerprint density at radius 3 is 1.53 bits per heavy atom. The van der Waals surface area contributed by atoms with Gasteiger partial charge in [0.05, 0.1) is 81.2 Å². The van der Waals surface area contributed by atoms with Crippen molar-refractivity contribution in [3.8, 4) is 28.7 Å². The van der Waals surface area contributed by atoms with Crippen LogP contribution in [0.15, 0.2) is 105 Å². The maximum absolute atomic E-state index is 14.2. The number of anilines is 1. The first-order valence-corrected chi connectivity index (χ1v) is 34.2. The van der Waals surface area contributed by atoms with Crippen molar-refractivity contribution in [2.24, 2.45) is 15.9 Å². The molecule has 0 saturated heterocycles. The summed E-state index contributed by atoms with van der Waals surface area (Å²) in [6, 6.07) is 17.6. The summed E-state index contributed by atoms with van der Waals surface area (Å²) < 4.78 is 34.9. The molecular weight excluding hydrogens is 1310 g/mol. The van der Waals surface area contributed by atoms with Gasteiger partial charge >= 0.3 is 0 Å². The molecule has 5 aliphatic heterocycles. The van der Waals surface area contributed by atoms with Crippen LogP contribution in [0.5, 0.6) is 28.7 Å². The molecule has 508 valence electrons. The maximum Gasteiger partial charge on any atom is 0.269 e. The van der Waals surface area contributed by atoms with Crippen molar-refractivity contribution in [2.45, 2.75) is 116 Å². The van der Waals surface area contributed by atoms with Crippen molar-refractivity contribution in [1.82, 2.24) is 34.8 Å². The lowest BCUT2D eigenvalue weighted by Crippen LogP contribution is -2.53. The van der Waals surface area contributed by atoms with Crippen LogP contribution in [0.4, 0.5) is 17.1 Å². The summed E-state index contributed by atoms with van der Waals surface area (Å²) in [4.78, 5) is 133. The highest BCUT2D eigenvalue weighted by atomic mass is 32.2. The Morgan fingerprint density at radius 2 is 1.08 bits per heavy atom. The Kier molecular flexibility index (Phi) is 24.7. The zero-order valence-corrected chi connectivity index (χ0v) is 57.8. The highest BCUT2D eigenvalue weighted by Crippen LogP contribution is 2.43. The number of unbranched alkanes of at least 4 members (excludes halogenated alkanes) is 2. The summed E-state index contributed by atoms with van der Waals surface area (Å²) in [6.07, 6.45) is 10.0. The number of thiol groups is 2. The van der Waals surface area contributed by atoms with Crippen molar-refractivity contribution in [1.29, 1.82) is 0 Å². The molecule has 6 atom stereocenters. The topological polar surface area (TPSA) is 294 Å². The fraction of sp³-hybridized carbons (Fsp3) is 0.397. The Morgan fingerprint density at radius 1 is 0.594 bits per heavy atom. The lowest BCUT2D eigenvalue weighted by molar-refractivity contribution is -0.137. The lowest BCUT2D eigenvalue weighted by atomic mass is 10.0. The first kappa shape index (κ1) is 71.9. The molecule has 0 bridgehead atoms. The second-order valence-corrected chi connectivity index (χ2v) is 26.0. The van der Waals surface area contributed by atoms with E-state index < -0.39 is 47.8 Å². The molecule has 24 nitrogen and oxygen atoms in total. The van der Waals surface area contributed by atoms with Crippen molar-refractivity contribution in [3.05, 3.63) is 117 Å². The van der Waals surface area contributed by atoms with E-state index in [9.17, 15) is 43.2 Å². The molecule has 0 fully saturated rings. The van der Waals surface area contributed by atoms with Gasteiger partial charge in [0.15, 0.2) is 23.0 Å². The number of Topliss-reactive ketones (excluding diaryl/α,β-unsaturated/α-hetero) is 2. The van der Waals surface area contributed by atoms with Crippen molar-refractivity contribution in [3.63, 3.8) is 0 Å². The monoisotopic (exact) mass is 1390 g/mol. The average Bonchev–Trinajstić information content (AvgIpc) is 1.68. The number of ketones is 2. The van der Waals surface area contributed by atoms with Gasteiger partial charge in [-0.25, -0.2) is 9.44 Å². The number of rotatable bonds is 33. The van der Waals surface area contributed by atoms with Gasteiger partial charge in [-0.15, -0.1) is 0 Å². The number of carbonyl (C=O) groups is 9. The van der Waals surface area contributed by atoms with E-state index in [2.05, 4.69) is 50.7 Å². The smallest absolute Gasteiger partial charge is 0.269 e. The number of aliphatic imine (C=N–C) groups is 2. The Bertz CT molecular complexity index is 3770. The van der Waals surface area contributed by atoms with Crippen molar-refractivity contribution < 1.29 is 66.8 Å². The van der Waals surface area contributed by atoms with Crippen LogP contribution in [-0.4, -0.2) is 169 Å². The number of benzene rings is 4. The fourth-order valence-electron chi connectivity index (χ4n) is 10.9. The van der Waals surface area contributed by atoms with Gasteiger partial charge in [-0.3, -0.25) is 58.0 Å². The third-order valence-corrected chi connectivity index (χ3v) is 19.4. The van der Waals surface area contributed by atoms with E-state index in [1.165, 1.54) is 35.0 Å². The second kappa shape index (κ2) is 33.0. The number of amides is 7. The van der Waals surface area contributed by atoms with E-state index in [-0.39, 0.29) is 94.8 Å². The molecule has 0 saturated carbocycles. The first-order chi connectivity index (χ1) is 46.1. The average molecular weight is 1390 g/mol. The molecule has 5 N–H and O–H groups in total. The zero-order valence-electron chi connectivity index (χ0n) is 54.4. The van der Waals surface area contributed by atoms with Crippen molar-refractivity contribution >= 4 is 143 Å². The highest BCUT2D eigenvalue weighted by Gasteiger charge is 2.41. The van der Waals surface area contributed by atoms with E-state index in [1.807, 2.05) is 42.6 Å². The minimum atomic E-state index is -0.984. The molecule has 96 heavy (non-hydrogen) atoms. The van der Waals surface area contributed by atoms with Crippen LogP contribution in [0.2, 0.25) is 0 Å². The van der Waals surface area contributed by atoms with Crippen LogP contribution in [0.3, 0.4) is 0 Å². The number of hydrogen-bond donors (Lipinski definition) is 7. The minimum absolute atomic E-state index is 0.0529. The number of imide groups is 1. The van der Waals surface area contributed by atoms with Crippen molar-refractivity contribution in [2.75, 3.05) is 57.9 Å². The standard InChI is InChI=1S/C68H78N10O14S4/c1-37(2)60(73-59(81)13-10-9-11-22-76-67(86)61(95-74-53(35-93)39(4)79)62(68(76)87)96-75-54(36-94)40(5)80)64(83)71-38(3)63(82)72-45-18-14-41(15-19-45)43-25-46-31-69-51-29-57(55(89-7)27-49(51)65(84)77(46)33-43)91-23-12-24-92-58-30-52-50(28-56(58)90-8)66(85)78-34-44(26-47(78)32-70-52)42-16-20-48(88-6)21-17-42/h14-21,27-34,37-38,46-47,53-54,60,74-75,93-94H,9-13,22-26,35-36H2,1-8H3,(H,71,83)(H,72,82)(H,73,81)/t38-,46+,47+,53+,54+,60-/m1/s1. The molecular formula is C68H78N10O14S4. The van der Waals surface area contributed by atoms with Crippen LogP contribution in [0, 0.1) is 5.92 Å². The van der Waals surface area contributed by atoms with Gasteiger partial charge in [0, 0.05) is 86.4 Å². The van der Waals surface area contributed by atoms with Gasteiger partial charge in [-0.05, 0) is 122 Å². The minimum Gasteiger partial charge on any atom is -0.497 e. The van der Waals surface area contributed by atoms with E-state index >= 15 is 0 Å². The van der Waals surface area contributed by atoms with Gasteiger partial charge in [0.1, 0.15) is 39.2 Å². The quantitative estimate of drug-likeness (QED) is 0.0102. The lowest BCUT2D eigenvalue weighted by Gasteiger charge is -2.24. The van der Waals surface area contributed by atoms with E-state index in [4.69, 9.17) is 33.7 Å². The number of methoxy groups -OCH3 is 3. The van der Waals surface area contributed by atoms with Gasteiger partial charge in [0.2, 0.25) is 17.7 Å². The molecule has 9 rings (SSSR count). The van der Waals surface area contributed by atoms with Crippen LogP contribution < -0.4 is 49.1 Å². The third-order valence-electron chi connectivity index (χ3n) is 16.6. The molecule has 0 radical (unpaired) electrons. The molecule has 0 aliphatic carbocycles. The largest absolute Gasteiger partial charge is 0.497 e. The molecule has 4 aromatic rings. The number of nitrogens with zero attached hydrogens (tertiary/aromatic N) is 5. The first-order valence-electron chi connectivity index (χ1n) is 31.3. The Labute approximate surface area is 576 Å². The number of nitrogens with one attached hydrogen (secondary N) is 5. The zero-order chi connectivity index (χ0) is 68.9. The second-order valence-electron chi connectivity index (χ2n) is 23.6. The molecule has 0 aromatic heterocycles. The SMILES string of the molecule is COc1ccc(C2=CN3C(=O)c4cc(OC)c(OCCCOc5cc6c(cc5OC)C(=O)N5C=C(c7ccc(NC(=O)[C@@H](C)NC(=O)[C@H](NC(=O)CCCCCN8C(=O)C(SN[C@@H](CS)C(C)=O)=C(SN[C@@H](CS)C(C)=O)C8=O)C(C)C)cc7)C[C@H]5C=N6)cc4N=C[C@@H]3C2)cc1. The number of fused-ring (bicyclic) bond motifs is 4. The molecule has 28 heteroatoms. The predicted molar refractivity (Wildman–Crippen MR) is 376 cm³/mol. The molecule has 5 aliphatic rings. The third kappa shape index (κ3) is 17.0. The molecule has 0 spiro atoms. The summed E-state index contributed by atoms with van der Waals surface area (Å²) in [6.45, 7) is 8.38. The van der Waals surface area contributed by atoms with E-state index in [1.54, 1.807) is 85.8 Å². The van der Waals surface area contributed by atoms with Gasteiger partial charge in [-0.2, -0.15) is 25.3 Å². The van der Waals surface area contributed by atoms with Crippen LogP contribution in [-0.2, 0) is 33.6 Å². The molecule has 5 heterocycles. The van der Waals surface area contributed by atoms with Gasteiger partial charge in [0.25, 0.3) is 23.6 Å². The normalized spacial score (nSPS) is 17.5. The summed E-state index contributed by atoms with van der Waals surface area (Å²) in [5, 5.41) is 8.35. The molecule has 7 amide bonds. The highest BCUT2D eigenvalue weighted by molar-refractivity contribution is 8.06. The fourth-order valence-corrected chi connectivity index (χ4v) is 13.9. The summed E-state index contributed by atoms with van der Waals surface area (Å²) in [7, 11) is 4.63. The van der Waals surface area contributed by atoms with E-state index in [0.717, 1.165) is 56.8 Å². The molecule has 0 unspecified atom stereocenters. The van der Waals surface area contributed by atoms with Crippen LogP contribution >= 0.6 is 49.2 Å². The summed E-state index contributed by atoms with van der Waals surface area (Å²) in [5.74, 6) is -1.11. The van der Waals surface area contributed by atoms with Crippen LogP contribution in [0.1, 0.15) is 111 Å². The predicted octanol–water partition coefficient (Wildman–Crippen LogP) is 8.48. The number of carbonyl (C=O) groups excluding carboxylic acids is 9. The van der Waals surface area contributed by atoms with Gasteiger partial charge < -0.3 is 49.4 Å².